The molecule has 0 saturated carbocycles. The fraction of sp³-hybridized carbons (Fsp3) is 0.409. The average Bonchev–Trinajstić information content (AvgIpc) is 2.60. The molecule has 29 heavy (non-hydrogen) atoms. The summed E-state index contributed by atoms with van der Waals surface area (Å²) in [5.41, 5.74) is 4.65. The van der Waals surface area contributed by atoms with Gasteiger partial charge in [0.25, 0.3) is 0 Å². The molecular formula is C22H29FN4O2. The molecule has 1 atom stereocenters. The highest BCUT2D eigenvalue weighted by molar-refractivity contribution is 6.07. The Morgan fingerprint density at radius 3 is 2.86 bits per heavy atom. The molecule has 0 aromatic heterocycles. The van der Waals surface area contributed by atoms with Crippen LogP contribution in [-0.2, 0) is 4.79 Å². The van der Waals surface area contributed by atoms with Crippen LogP contribution in [-0.4, -0.2) is 23.7 Å². The number of hydrogen-bond donors (Lipinski definition) is 3. The first-order chi connectivity index (χ1) is 13.7. The fourth-order valence-electron chi connectivity index (χ4n) is 3.16. The molecule has 0 saturated heterocycles. The van der Waals surface area contributed by atoms with Crippen molar-refractivity contribution in [2.75, 3.05) is 0 Å². The second-order valence-electron chi connectivity index (χ2n) is 7.86. The van der Waals surface area contributed by atoms with Gasteiger partial charge in [-0.05, 0) is 50.5 Å². The summed E-state index contributed by atoms with van der Waals surface area (Å²) in [6.45, 7) is 7.77. The van der Waals surface area contributed by atoms with E-state index < -0.39 is 0 Å². The molecule has 0 aromatic rings. The number of rotatable bonds is 5. The molecule has 156 valence electrons. The first-order valence-corrected chi connectivity index (χ1v) is 9.70. The third kappa shape index (κ3) is 7.18. The quantitative estimate of drug-likeness (QED) is 0.606. The molecule has 0 aromatic carbocycles. The Labute approximate surface area is 171 Å². The molecule has 2 rings (SSSR count). The van der Waals surface area contributed by atoms with E-state index in [1.54, 1.807) is 12.2 Å². The lowest BCUT2D eigenvalue weighted by atomic mass is 9.79. The Bertz CT molecular complexity index is 832. The van der Waals surface area contributed by atoms with Crippen LogP contribution in [0.15, 0.2) is 64.7 Å². The second kappa shape index (κ2) is 10.0. The summed E-state index contributed by atoms with van der Waals surface area (Å²) in [4.78, 5) is 23.7. The first-order valence-electron chi connectivity index (χ1n) is 9.70. The predicted molar refractivity (Wildman–Crippen MR) is 114 cm³/mol. The van der Waals surface area contributed by atoms with Crippen LogP contribution in [0.25, 0.3) is 0 Å². The highest BCUT2D eigenvalue weighted by Gasteiger charge is 2.32. The lowest BCUT2D eigenvalue weighted by Crippen LogP contribution is -2.39. The number of nitrogens with one attached hydrogen (secondary N) is 3. The van der Waals surface area contributed by atoms with E-state index in [0.29, 0.717) is 25.0 Å². The van der Waals surface area contributed by atoms with Gasteiger partial charge in [0.05, 0.1) is 5.71 Å². The van der Waals surface area contributed by atoms with Crippen molar-refractivity contribution >= 4 is 17.6 Å². The van der Waals surface area contributed by atoms with Crippen LogP contribution in [0, 0.1) is 5.41 Å². The number of nitrogens with zero attached hydrogens (tertiary/aromatic N) is 1. The number of carbonyl (C=O) groups excluding carboxylic acids is 2. The van der Waals surface area contributed by atoms with E-state index in [1.807, 2.05) is 45.9 Å². The Kier molecular flexibility index (Phi) is 7.70. The Morgan fingerprint density at radius 2 is 2.14 bits per heavy atom. The molecule has 3 N–H and O–H groups in total. The van der Waals surface area contributed by atoms with Crippen LogP contribution in [0.1, 0.15) is 47.0 Å². The van der Waals surface area contributed by atoms with Crippen LogP contribution in [0.5, 0.6) is 0 Å². The monoisotopic (exact) mass is 400 g/mol. The van der Waals surface area contributed by atoms with Crippen LogP contribution < -0.4 is 16.1 Å². The molecule has 3 amide bonds. The molecule has 6 nitrogen and oxygen atoms in total. The molecule has 2 aliphatic rings. The normalized spacial score (nSPS) is 25.3. The van der Waals surface area contributed by atoms with Crippen molar-refractivity contribution in [3.63, 3.8) is 0 Å². The summed E-state index contributed by atoms with van der Waals surface area (Å²) < 4.78 is 13.3. The lowest BCUT2D eigenvalue weighted by Gasteiger charge is -2.29. The highest BCUT2D eigenvalue weighted by atomic mass is 19.1. The number of halogens is 1. The number of allylic oxidation sites excluding steroid dienone is 9. The third-order valence-corrected chi connectivity index (χ3v) is 4.59. The number of hydrogen-bond acceptors (Lipinski definition) is 3. The number of carbonyl (C=O) groups is 2. The minimum Gasteiger partial charge on any atom is -0.332 e. The van der Waals surface area contributed by atoms with E-state index in [2.05, 4.69) is 21.2 Å². The second-order valence-corrected chi connectivity index (χ2v) is 7.86. The van der Waals surface area contributed by atoms with Crippen LogP contribution >= 0.6 is 0 Å². The van der Waals surface area contributed by atoms with E-state index in [4.69, 9.17) is 0 Å². The smallest absolute Gasteiger partial charge is 0.319 e. The van der Waals surface area contributed by atoms with Crippen LogP contribution in [0.3, 0.4) is 0 Å². The van der Waals surface area contributed by atoms with Gasteiger partial charge in [-0.2, -0.15) is 5.10 Å². The van der Waals surface area contributed by atoms with E-state index in [1.165, 1.54) is 12.2 Å². The zero-order chi connectivity index (χ0) is 21.4. The van der Waals surface area contributed by atoms with Gasteiger partial charge in [0, 0.05) is 23.6 Å². The van der Waals surface area contributed by atoms with Crippen molar-refractivity contribution in [2.45, 2.75) is 53.0 Å². The van der Waals surface area contributed by atoms with Crippen LogP contribution in [0.4, 0.5) is 9.18 Å². The summed E-state index contributed by atoms with van der Waals surface area (Å²) >= 11 is 0. The van der Waals surface area contributed by atoms with E-state index in [9.17, 15) is 14.0 Å². The van der Waals surface area contributed by atoms with Gasteiger partial charge in [-0.25, -0.2) is 14.6 Å². The molecule has 1 aliphatic carbocycles. The Balaban J connectivity index is 1.90. The van der Waals surface area contributed by atoms with E-state index in [-0.39, 0.29) is 29.2 Å². The molecule has 0 radical (unpaired) electrons. The van der Waals surface area contributed by atoms with Gasteiger partial charge >= 0.3 is 6.03 Å². The maximum absolute atomic E-state index is 13.3. The number of urea groups is 1. The topological polar surface area (TPSA) is 82.6 Å². The number of amides is 3. The zero-order valence-corrected chi connectivity index (χ0v) is 17.4. The van der Waals surface area contributed by atoms with Crippen molar-refractivity contribution in [1.29, 1.82) is 0 Å². The molecule has 0 fully saturated rings. The van der Waals surface area contributed by atoms with Crippen molar-refractivity contribution in [3.8, 4) is 0 Å². The Morgan fingerprint density at radius 1 is 1.38 bits per heavy atom. The fourth-order valence-corrected chi connectivity index (χ4v) is 3.16. The minimum absolute atomic E-state index is 0.0837. The molecule has 1 unspecified atom stereocenters. The number of hydrazone groups is 1. The Hall–Kier alpha value is -2.96. The maximum Gasteiger partial charge on any atom is 0.319 e. The van der Waals surface area contributed by atoms with Gasteiger partial charge in [-0.15, -0.1) is 0 Å². The molecule has 0 spiro atoms. The standard InChI is InChI=1S/C22H29FN4O2/c1-15(20-22(3,4)14-19(28)26-27-20)8-7-9-16(2)24-21(29)25-18-11-6-5-10-17(23)12-13-18/h5,7-10,12-13,16H,6,11,14H2,1-4H3,(H,26,28)(H2,24,25,29)/b9-7-,10-5-,15-8+,17-12+,18-13+. The summed E-state index contributed by atoms with van der Waals surface area (Å²) in [5, 5.41) is 9.77. The van der Waals surface area contributed by atoms with Gasteiger partial charge in [-0.3, -0.25) is 4.79 Å². The van der Waals surface area contributed by atoms with Crippen molar-refractivity contribution in [3.05, 3.63) is 59.6 Å². The molecule has 1 aliphatic heterocycles. The molecule has 0 bridgehead atoms. The van der Waals surface area contributed by atoms with Gasteiger partial charge in [0.1, 0.15) is 5.83 Å². The summed E-state index contributed by atoms with van der Waals surface area (Å²) in [6, 6.07) is -0.547. The SMILES string of the molecule is C/C(=C\C=C/C(C)NC(=O)N/C1=C/C=C(F)\C=C/CC1)C1=NNC(=O)CC1(C)C. The van der Waals surface area contributed by atoms with Gasteiger partial charge in [-0.1, -0.05) is 38.2 Å². The molecule has 1 heterocycles. The molecular weight excluding hydrogens is 371 g/mol. The van der Waals surface area contributed by atoms with Gasteiger partial charge in [0.15, 0.2) is 0 Å². The summed E-state index contributed by atoms with van der Waals surface area (Å²) in [6.07, 6.45) is 13.4. The minimum atomic E-state index is -0.340. The summed E-state index contributed by atoms with van der Waals surface area (Å²) in [7, 11) is 0. The van der Waals surface area contributed by atoms with E-state index >= 15 is 0 Å². The maximum atomic E-state index is 13.3. The largest absolute Gasteiger partial charge is 0.332 e. The zero-order valence-electron chi connectivity index (χ0n) is 17.4. The average molecular weight is 400 g/mol. The van der Waals surface area contributed by atoms with Crippen molar-refractivity contribution in [1.82, 2.24) is 16.1 Å². The van der Waals surface area contributed by atoms with Gasteiger partial charge in [0.2, 0.25) is 5.91 Å². The summed E-state index contributed by atoms with van der Waals surface area (Å²) in [5.74, 6) is -0.423. The highest BCUT2D eigenvalue weighted by Crippen LogP contribution is 2.28. The van der Waals surface area contributed by atoms with Crippen molar-refractivity contribution in [2.24, 2.45) is 10.5 Å². The first kappa shape index (κ1) is 22.3. The van der Waals surface area contributed by atoms with Crippen LogP contribution in [0.2, 0.25) is 0 Å². The predicted octanol–water partition coefficient (Wildman–Crippen LogP) is 4.17. The van der Waals surface area contributed by atoms with E-state index in [0.717, 1.165) is 11.3 Å². The third-order valence-electron chi connectivity index (χ3n) is 4.59. The van der Waals surface area contributed by atoms with Crippen molar-refractivity contribution < 1.29 is 14.0 Å². The van der Waals surface area contributed by atoms with Gasteiger partial charge < -0.3 is 10.6 Å². The lowest BCUT2D eigenvalue weighted by molar-refractivity contribution is -0.122. The molecule has 7 heteroatoms.